The lowest BCUT2D eigenvalue weighted by molar-refractivity contribution is 0.339. The highest BCUT2D eigenvalue weighted by atomic mass is 15.3. The molecule has 0 spiro atoms. The van der Waals surface area contributed by atoms with Crippen LogP contribution in [0.3, 0.4) is 0 Å². The van der Waals surface area contributed by atoms with Gasteiger partial charge in [0.05, 0.1) is 0 Å². The molecule has 1 fully saturated rings. The Kier molecular flexibility index (Phi) is 4.53. The zero-order valence-corrected chi connectivity index (χ0v) is 11.4. The van der Waals surface area contributed by atoms with Crippen LogP contribution in [-0.2, 0) is 6.42 Å². The van der Waals surface area contributed by atoms with Gasteiger partial charge in [0.15, 0.2) is 0 Å². The van der Waals surface area contributed by atoms with Crippen LogP contribution in [0.4, 0.5) is 5.82 Å². The highest BCUT2D eigenvalue weighted by molar-refractivity contribution is 5.35. The second-order valence-corrected chi connectivity index (χ2v) is 5.45. The minimum Gasteiger partial charge on any atom is -0.308 e. The third kappa shape index (κ3) is 3.19. The molecule has 0 bridgehead atoms. The van der Waals surface area contributed by atoms with Crippen LogP contribution in [0, 0.1) is 5.92 Å². The molecule has 0 aromatic carbocycles. The second-order valence-electron chi connectivity index (χ2n) is 5.45. The Balaban J connectivity index is 2.17. The Morgan fingerprint density at radius 2 is 2.00 bits per heavy atom. The molecule has 0 unspecified atom stereocenters. The number of aromatic nitrogens is 2. The molecule has 1 aromatic heterocycles. The van der Waals surface area contributed by atoms with E-state index in [9.17, 15) is 0 Å². The Morgan fingerprint density at radius 3 is 2.61 bits per heavy atom. The molecule has 4 nitrogen and oxygen atoms in total. The summed E-state index contributed by atoms with van der Waals surface area (Å²) < 4.78 is 0. The molecule has 1 heterocycles. The van der Waals surface area contributed by atoms with Crippen molar-refractivity contribution in [1.82, 2.24) is 9.97 Å². The van der Waals surface area contributed by atoms with Crippen LogP contribution in [0.2, 0.25) is 0 Å². The predicted octanol–water partition coefficient (Wildman–Crippen LogP) is 3.01. The SMILES string of the molecule is CCCc1cc(NN)nc(C2CCC(C)CC2)n1. The summed E-state index contributed by atoms with van der Waals surface area (Å²) in [6.07, 6.45) is 7.09. The van der Waals surface area contributed by atoms with E-state index in [1.807, 2.05) is 6.07 Å². The summed E-state index contributed by atoms with van der Waals surface area (Å²) in [5.41, 5.74) is 3.77. The summed E-state index contributed by atoms with van der Waals surface area (Å²) in [6.45, 7) is 4.50. The Hall–Kier alpha value is -1.16. The van der Waals surface area contributed by atoms with Gasteiger partial charge in [0.2, 0.25) is 0 Å². The third-order valence-electron chi connectivity index (χ3n) is 3.83. The fraction of sp³-hybridized carbons (Fsp3) is 0.714. The van der Waals surface area contributed by atoms with Gasteiger partial charge in [-0.05, 0) is 25.2 Å². The summed E-state index contributed by atoms with van der Waals surface area (Å²) in [6, 6.07) is 1.96. The van der Waals surface area contributed by atoms with Gasteiger partial charge in [0.25, 0.3) is 0 Å². The molecule has 0 saturated heterocycles. The molecule has 1 aliphatic rings. The van der Waals surface area contributed by atoms with E-state index in [-0.39, 0.29) is 0 Å². The van der Waals surface area contributed by atoms with Crippen LogP contribution in [0.1, 0.15) is 63.4 Å². The molecule has 0 radical (unpaired) electrons. The predicted molar refractivity (Wildman–Crippen MR) is 74.2 cm³/mol. The maximum absolute atomic E-state index is 5.50. The number of aryl methyl sites for hydroxylation is 1. The molecule has 4 heteroatoms. The molecule has 1 aliphatic carbocycles. The first-order chi connectivity index (χ1) is 8.72. The molecule has 1 aromatic rings. The van der Waals surface area contributed by atoms with E-state index in [0.717, 1.165) is 36.1 Å². The van der Waals surface area contributed by atoms with Crippen LogP contribution in [-0.4, -0.2) is 9.97 Å². The molecule has 0 atom stereocenters. The molecule has 18 heavy (non-hydrogen) atoms. The molecule has 3 N–H and O–H groups in total. The first-order valence-electron chi connectivity index (χ1n) is 7.07. The van der Waals surface area contributed by atoms with Gasteiger partial charge in [-0.2, -0.15) is 0 Å². The highest BCUT2D eigenvalue weighted by Crippen LogP contribution is 2.34. The number of nitrogen functional groups attached to an aromatic ring is 1. The van der Waals surface area contributed by atoms with Gasteiger partial charge in [-0.25, -0.2) is 15.8 Å². The summed E-state index contributed by atoms with van der Waals surface area (Å²) in [5, 5.41) is 0. The number of hydrogen-bond acceptors (Lipinski definition) is 4. The monoisotopic (exact) mass is 248 g/mol. The minimum atomic E-state index is 0.519. The smallest absolute Gasteiger partial charge is 0.143 e. The lowest BCUT2D eigenvalue weighted by Crippen LogP contribution is -2.17. The maximum Gasteiger partial charge on any atom is 0.143 e. The zero-order chi connectivity index (χ0) is 13.0. The third-order valence-corrected chi connectivity index (χ3v) is 3.83. The van der Waals surface area contributed by atoms with Crippen molar-refractivity contribution in [3.8, 4) is 0 Å². The standard InChI is InChI=1S/C14H24N4/c1-3-4-12-9-13(18-15)17-14(16-12)11-7-5-10(2)6-8-11/h9-11H,3-8,15H2,1-2H3,(H,16,17,18). The average molecular weight is 248 g/mol. The van der Waals surface area contributed by atoms with Crippen LogP contribution in [0.5, 0.6) is 0 Å². The fourth-order valence-electron chi connectivity index (χ4n) is 2.68. The van der Waals surface area contributed by atoms with Gasteiger partial charge in [-0.15, -0.1) is 0 Å². The number of hydrogen-bond donors (Lipinski definition) is 2. The van der Waals surface area contributed by atoms with E-state index in [4.69, 9.17) is 10.8 Å². The molecule has 2 rings (SSSR count). The second kappa shape index (κ2) is 6.14. The van der Waals surface area contributed by atoms with Crippen LogP contribution >= 0.6 is 0 Å². The fourth-order valence-corrected chi connectivity index (χ4v) is 2.68. The number of rotatable bonds is 4. The van der Waals surface area contributed by atoms with E-state index < -0.39 is 0 Å². The van der Waals surface area contributed by atoms with E-state index >= 15 is 0 Å². The topological polar surface area (TPSA) is 63.8 Å². The van der Waals surface area contributed by atoms with Gasteiger partial charge in [-0.1, -0.05) is 33.1 Å². The van der Waals surface area contributed by atoms with Crippen LogP contribution in [0.15, 0.2) is 6.07 Å². The largest absolute Gasteiger partial charge is 0.308 e. The number of nitrogens with one attached hydrogen (secondary N) is 1. The number of nitrogens with two attached hydrogens (primary N) is 1. The van der Waals surface area contributed by atoms with Crippen molar-refractivity contribution in [2.45, 2.75) is 58.3 Å². The lowest BCUT2D eigenvalue weighted by Gasteiger charge is -2.25. The molecule has 100 valence electrons. The summed E-state index contributed by atoms with van der Waals surface area (Å²) in [5.74, 6) is 8.61. The molecule has 0 aliphatic heterocycles. The van der Waals surface area contributed by atoms with E-state index in [2.05, 4.69) is 24.3 Å². The molecule has 1 saturated carbocycles. The van der Waals surface area contributed by atoms with Gasteiger partial charge >= 0.3 is 0 Å². The van der Waals surface area contributed by atoms with Crippen LogP contribution < -0.4 is 11.3 Å². The van der Waals surface area contributed by atoms with Crippen molar-refractivity contribution in [1.29, 1.82) is 0 Å². The molecular weight excluding hydrogens is 224 g/mol. The normalized spacial score (nSPS) is 23.9. The van der Waals surface area contributed by atoms with Crippen molar-refractivity contribution < 1.29 is 0 Å². The summed E-state index contributed by atoms with van der Waals surface area (Å²) >= 11 is 0. The molecule has 0 amide bonds. The van der Waals surface area contributed by atoms with E-state index in [0.29, 0.717) is 5.92 Å². The van der Waals surface area contributed by atoms with E-state index in [1.54, 1.807) is 0 Å². The van der Waals surface area contributed by atoms with Gasteiger partial charge in [-0.3, -0.25) is 0 Å². The zero-order valence-electron chi connectivity index (χ0n) is 11.4. The quantitative estimate of drug-likeness (QED) is 0.635. The molecular formula is C14H24N4. The summed E-state index contributed by atoms with van der Waals surface area (Å²) in [4.78, 5) is 9.25. The van der Waals surface area contributed by atoms with E-state index in [1.165, 1.54) is 25.7 Å². The maximum atomic E-state index is 5.50. The van der Waals surface area contributed by atoms with Gasteiger partial charge in [0, 0.05) is 17.7 Å². The average Bonchev–Trinajstić information content (AvgIpc) is 2.39. The van der Waals surface area contributed by atoms with Crippen molar-refractivity contribution in [2.75, 3.05) is 5.43 Å². The van der Waals surface area contributed by atoms with Gasteiger partial charge in [0.1, 0.15) is 11.6 Å². The highest BCUT2D eigenvalue weighted by Gasteiger charge is 2.22. The van der Waals surface area contributed by atoms with Crippen LogP contribution in [0.25, 0.3) is 0 Å². The number of anilines is 1. The van der Waals surface area contributed by atoms with Crippen molar-refractivity contribution in [3.05, 3.63) is 17.6 Å². The first kappa shape index (κ1) is 13.3. The Morgan fingerprint density at radius 1 is 1.28 bits per heavy atom. The first-order valence-corrected chi connectivity index (χ1v) is 7.07. The number of hydrazine groups is 1. The minimum absolute atomic E-state index is 0.519. The van der Waals surface area contributed by atoms with Gasteiger partial charge < -0.3 is 5.43 Å². The lowest BCUT2D eigenvalue weighted by atomic mass is 9.82. The summed E-state index contributed by atoms with van der Waals surface area (Å²) in [7, 11) is 0. The van der Waals surface area contributed by atoms with Crippen molar-refractivity contribution >= 4 is 5.82 Å². The van der Waals surface area contributed by atoms with Crippen molar-refractivity contribution in [2.24, 2.45) is 11.8 Å². The Bertz CT molecular complexity index is 383. The van der Waals surface area contributed by atoms with Crippen molar-refractivity contribution in [3.63, 3.8) is 0 Å². The number of nitrogens with zero attached hydrogens (tertiary/aromatic N) is 2. The Labute approximate surface area is 109 Å².